The van der Waals surface area contributed by atoms with Crippen molar-refractivity contribution in [3.63, 3.8) is 0 Å². The Balaban J connectivity index is 1.94. The van der Waals surface area contributed by atoms with Crippen molar-refractivity contribution in [2.45, 2.75) is 13.5 Å². The summed E-state index contributed by atoms with van der Waals surface area (Å²) in [6.45, 7) is 1.66. The van der Waals surface area contributed by atoms with E-state index in [-0.39, 0.29) is 12.3 Å². The lowest BCUT2D eigenvalue weighted by Gasteiger charge is -2.06. The van der Waals surface area contributed by atoms with E-state index in [4.69, 9.17) is 16.0 Å². The lowest BCUT2D eigenvalue weighted by atomic mass is 10.1. The van der Waals surface area contributed by atoms with E-state index in [9.17, 15) is 14.7 Å². The molecule has 0 fully saturated rings. The molecule has 0 bridgehead atoms. The van der Waals surface area contributed by atoms with Gasteiger partial charge in [0.05, 0.1) is 18.5 Å². The quantitative estimate of drug-likeness (QED) is 0.450. The number of hydrazone groups is 1. The Morgan fingerprint density at radius 3 is 2.78 bits per heavy atom. The van der Waals surface area contributed by atoms with Crippen LogP contribution in [-0.4, -0.2) is 22.6 Å². The summed E-state index contributed by atoms with van der Waals surface area (Å²) < 4.78 is 5.03. The molecule has 0 radical (unpaired) electrons. The topological polar surface area (TPSA) is 104 Å². The van der Waals surface area contributed by atoms with Gasteiger partial charge in [-0.2, -0.15) is 5.10 Å². The Kier molecular flexibility index (Phi) is 5.37. The minimum absolute atomic E-state index is 0.0350. The maximum Gasteiger partial charge on any atom is 0.329 e. The molecule has 2 aromatic rings. The van der Waals surface area contributed by atoms with Gasteiger partial charge in [-0.05, 0) is 37.3 Å². The highest BCUT2D eigenvalue weighted by Crippen LogP contribution is 2.21. The van der Waals surface area contributed by atoms with Crippen LogP contribution in [-0.2, 0) is 16.1 Å². The van der Waals surface area contributed by atoms with E-state index in [1.807, 2.05) is 0 Å². The van der Waals surface area contributed by atoms with Gasteiger partial charge in [-0.15, -0.1) is 0 Å². The lowest BCUT2D eigenvalue weighted by molar-refractivity contribution is -0.139. The first-order valence-corrected chi connectivity index (χ1v) is 6.99. The maximum atomic E-state index is 11.6. The molecule has 0 aliphatic rings. The number of halogens is 1. The van der Waals surface area contributed by atoms with Gasteiger partial charge >= 0.3 is 11.8 Å². The van der Waals surface area contributed by atoms with Crippen LogP contribution in [0.15, 0.2) is 46.1 Å². The van der Waals surface area contributed by atoms with Crippen molar-refractivity contribution in [3.8, 4) is 5.75 Å². The average molecular weight is 336 g/mol. The Bertz CT molecular complexity index is 741. The first-order chi connectivity index (χ1) is 11.0. The van der Waals surface area contributed by atoms with E-state index in [1.165, 1.54) is 24.5 Å². The van der Waals surface area contributed by atoms with Crippen molar-refractivity contribution in [2.24, 2.45) is 5.10 Å². The van der Waals surface area contributed by atoms with Crippen LogP contribution in [0.25, 0.3) is 0 Å². The molecule has 0 atom stereocenters. The van der Waals surface area contributed by atoms with Crippen LogP contribution in [0.2, 0.25) is 5.02 Å². The summed E-state index contributed by atoms with van der Waals surface area (Å²) in [5.41, 5.74) is 2.77. The number of nitrogens with one attached hydrogen (secondary N) is 2. The van der Waals surface area contributed by atoms with Crippen molar-refractivity contribution in [3.05, 3.63) is 52.9 Å². The van der Waals surface area contributed by atoms with Crippen LogP contribution in [0, 0.1) is 0 Å². The van der Waals surface area contributed by atoms with E-state index in [1.54, 1.807) is 19.1 Å². The molecule has 8 heteroatoms. The zero-order valence-corrected chi connectivity index (χ0v) is 12.9. The fourth-order valence-corrected chi connectivity index (χ4v) is 1.88. The second kappa shape index (κ2) is 7.46. The van der Waals surface area contributed by atoms with E-state index in [0.29, 0.717) is 22.1 Å². The number of aromatic hydroxyl groups is 1. The summed E-state index contributed by atoms with van der Waals surface area (Å²) in [6, 6.07) is 7.77. The van der Waals surface area contributed by atoms with Crippen LogP contribution in [0.4, 0.5) is 0 Å². The van der Waals surface area contributed by atoms with Crippen LogP contribution in [0.1, 0.15) is 18.2 Å². The molecule has 0 aliphatic carbocycles. The van der Waals surface area contributed by atoms with Crippen molar-refractivity contribution < 1.29 is 19.1 Å². The number of nitrogens with zero attached hydrogens (tertiary/aromatic N) is 1. The van der Waals surface area contributed by atoms with Crippen molar-refractivity contribution >= 4 is 29.1 Å². The third-order valence-corrected chi connectivity index (χ3v) is 3.12. The fourth-order valence-electron chi connectivity index (χ4n) is 1.70. The Morgan fingerprint density at radius 1 is 1.30 bits per heavy atom. The van der Waals surface area contributed by atoms with E-state index in [2.05, 4.69) is 15.8 Å². The Morgan fingerprint density at radius 2 is 2.09 bits per heavy atom. The number of furan rings is 1. The van der Waals surface area contributed by atoms with Gasteiger partial charge in [0.1, 0.15) is 11.5 Å². The first kappa shape index (κ1) is 16.6. The maximum absolute atomic E-state index is 11.6. The number of rotatable bonds is 4. The summed E-state index contributed by atoms with van der Waals surface area (Å²) in [5, 5.41) is 16.3. The normalized spacial score (nSPS) is 11.1. The van der Waals surface area contributed by atoms with Crippen LogP contribution < -0.4 is 10.7 Å². The van der Waals surface area contributed by atoms with Gasteiger partial charge in [-0.1, -0.05) is 11.6 Å². The summed E-state index contributed by atoms with van der Waals surface area (Å²) >= 11 is 5.84. The smallest absolute Gasteiger partial charge is 0.329 e. The van der Waals surface area contributed by atoms with Gasteiger partial charge in [0.15, 0.2) is 0 Å². The molecule has 3 N–H and O–H groups in total. The SMILES string of the molecule is C/C(=N\NC(=O)C(=O)NCc1ccco1)c1cc(Cl)ccc1O. The molecule has 0 saturated carbocycles. The largest absolute Gasteiger partial charge is 0.507 e. The van der Waals surface area contributed by atoms with Crippen molar-refractivity contribution in [1.29, 1.82) is 0 Å². The molecule has 2 amide bonds. The van der Waals surface area contributed by atoms with Gasteiger partial charge in [-0.25, -0.2) is 5.43 Å². The number of hydrogen-bond acceptors (Lipinski definition) is 5. The highest BCUT2D eigenvalue weighted by Gasteiger charge is 2.13. The van der Waals surface area contributed by atoms with Crippen LogP contribution >= 0.6 is 11.6 Å². The number of benzene rings is 1. The first-order valence-electron chi connectivity index (χ1n) is 6.61. The molecule has 120 valence electrons. The number of amides is 2. The number of hydrogen-bond donors (Lipinski definition) is 3. The Hall–Kier alpha value is -2.80. The van der Waals surface area contributed by atoms with Gasteiger partial charge in [0.25, 0.3) is 0 Å². The second-order valence-electron chi connectivity index (χ2n) is 4.56. The standard InChI is InChI=1S/C15H14ClN3O4/c1-9(12-7-10(16)4-5-13(12)20)18-19-15(22)14(21)17-8-11-3-2-6-23-11/h2-7,20H,8H2,1H3,(H,17,21)(H,19,22)/b18-9+. The van der Waals surface area contributed by atoms with E-state index >= 15 is 0 Å². The van der Waals surface area contributed by atoms with E-state index < -0.39 is 11.8 Å². The summed E-state index contributed by atoms with van der Waals surface area (Å²) in [7, 11) is 0. The molecule has 7 nitrogen and oxygen atoms in total. The summed E-state index contributed by atoms with van der Waals surface area (Å²) in [6.07, 6.45) is 1.46. The molecule has 23 heavy (non-hydrogen) atoms. The second-order valence-corrected chi connectivity index (χ2v) is 5.00. The van der Waals surface area contributed by atoms with Crippen molar-refractivity contribution in [2.75, 3.05) is 0 Å². The number of phenolic OH excluding ortho intramolecular Hbond substituents is 1. The Labute approximate surface area is 136 Å². The molecular weight excluding hydrogens is 322 g/mol. The molecule has 1 heterocycles. The molecule has 1 aromatic heterocycles. The highest BCUT2D eigenvalue weighted by atomic mass is 35.5. The van der Waals surface area contributed by atoms with Crippen LogP contribution in [0.3, 0.4) is 0 Å². The van der Waals surface area contributed by atoms with Gasteiger partial charge in [-0.3, -0.25) is 9.59 Å². The number of phenols is 1. The minimum Gasteiger partial charge on any atom is -0.507 e. The average Bonchev–Trinajstić information content (AvgIpc) is 3.05. The van der Waals surface area contributed by atoms with Gasteiger partial charge < -0.3 is 14.8 Å². The predicted molar refractivity (Wildman–Crippen MR) is 84.0 cm³/mol. The molecular formula is C15H14ClN3O4. The molecule has 0 saturated heterocycles. The summed E-state index contributed by atoms with van der Waals surface area (Å²) in [4.78, 5) is 23.2. The fraction of sp³-hybridized carbons (Fsp3) is 0.133. The van der Waals surface area contributed by atoms with Gasteiger partial charge in [0.2, 0.25) is 0 Å². The molecule has 2 rings (SSSR count). The number of carbonyl (C=O) groups excluding carboxylic acids is 2. The third-order valence-electron chi connectivity index (χ3n) is 2.88. The molecule has 0 spiro atoms. The summed E-state index contributed by atoms with van der Waals surface area (Å²) in [5.74, 6) is -1.30. The molecule has 1 aromatic carbocycles. The molecule has 0 aliphatic heterocycles. The monoisotopic (exact) mass is 335 g/mol. The minimum atomic E-state index is -0.933. The molecule has 0 unspecified atom stereocenters. The van der Waals surface area contributed by atoms with Crippen molar-refractivity contribution in [1.82, 2.24) is 10.7 Å². The number of carbonyl (C=O) groups is 2. The lowest BCUT2D eigenvalue weighted by Crippen LogP contribution is -2.37. The highest BCUT2D eigenvalue weighted by molar-refractivity contribution is 6.35. The zero-order valence-electron chi connectivity index (χ0n) is 12.2. The van der Waals surface area contributed by atoms with Gasteiger partial charge in [0, 0.05) is 10.6 Å². The van der Waals surface area contributed by atoms with E-state index in [0.717, 1.165) is 0 Å². The van der Waals surface area contributed by atoms with Crippen LogP contribution in [0.5, 0.6) is 5.75 Å². The predicted octanol–water partition coefficient (Wildman–Crippen LogP) is 1.80. The third kappa shape index (κ3) is 4.58. The zero-order chi connectivity index (χ0) is 16.8.